The highest BCUT2D eigenvalue weighted by molar-refractivity contribution is 5.86. The molecule has 0 saturated heterocycles. The van der Waals surface area contributed by atoms with Gasteiger partial charge in [-0.15, -0.1) is 0 Å². The number of nitriles is 1. The van der Waals surface area contributed by atoms with Gasteiger partial charge >= 0.3 is 0 Å². The molecule has 0 saturated carbocycles. The first-order valence-corrected chi connectivity index (χ1v) is 4.75. The minimum Gasteiger partial charge on any atom is -0.497 e. The maximum Gasteiger partial charge on any atom is 0.252 e. The zero-order valence-electron chi connectivity index (χ0n) is 9.02. The van der Waals surface area contributed by atoms with E-state index in [4.69, 9.17) is 10.00 Å². The van der Waals surface area contributed by atoms with E-state index in [1.165, 1.54) is 10.6 Å². The van der Waals surface area contributed by atoms with Crippen molar-refractivity contribution in [3.8, 4) is 11.8 Å². The molecule has 0 N–H and O–H groups in total. The van der Waals surface area contributed by atoms with Crippen molar-refractivity contribution in [2.24, 2.45) is 7.05 Å². The first-order chi connectivity index (χ1) is 7.67. The largest absolute Gasteiger partial charge is 0.497 e. The van der Waals surface area contributed by atoms with Crippen LogP contribution in [0.2, 0.25) is 0 Å². The number of aryl methyl sites for hydroxylation is 1. The van der Waals surface area contributed by atoms with Crippen LogP contribution in [0.1, 0.15) is 5.56 Å². The smallest absolute Gasteiger partial charge is 0.252 e. The molecule has 0 fully saturated rings. The van der Waals surface area contributed by atoms with Crippen molar-refractivity contribution in [1.29, 1.82) is 5.26 Å². The summed E-state index contributed by atoms with van der Waals surface area (Å²) < 4.78 is 6.60. The first kappa shape index (κ1) is 10.2. The Kier molecular flexibility index (Phi) is 2.37. The summed E-state index contributed by atoms with van der Waals surface area (Å²) in [6.45, 7) is 0. The molecule has 4 heteroatoms. The van der Waals surface area contributed by atoms with Crippen molar-refractivity contribution < 1.29 is 4.74 Å². The van der Waals surface area contributed by atoms with E-state index in [0.29, 0.717) is 11.3 Å². The lowest BCUT2D eigenvalue weighted by molar-refractivity contribution is 0.415. The van der Waals surface area contributed by atoms with Gasteiger partial charge in [-0.25, -0.2) is 0 Å². The zero-order chi connectivity index (χ0) is 11.7. The van der Waals surface area contributed by atoms with Gasteiger partial charge in [0.25, 0.3) is 5.56 Å². The van der Waals surface area contributed by atoms with Crippen molar-refractivity contribution in [2.75, 3.05) is 7.11 Å². The number of benzene rings is 1. The number of rotatable bonds is 1. The standard InChI is InChI=1S/C12H10N2O2/c1-14-11-4-3-9(16-2)6-10(11)8(7-13)5-12(14)15/h3-6H,1-2H3. The summed E-state index contributed by atoms with van der Waals surface area (Å²) in [5.41, 5.74) is 0.913. The highest BCUT2D eigenvalue weighted by Crippen LogP contribution is 2.21. The molecule has 0 aliphatic carbocycles. The predicted molar refractivity (Wildman–Crippen MR) is 60.5 cm³/mol. The Morgan fingerprint density at radius 3 is 2.75 bits per heavy atom. The molecule has 2 rings (SSSR count). The van der Waals surface area contributed by atoms with Gasteiger partial charge in [-0.05, 0) is 18.2 Å². The molecule has 2 aromatic rings. The van der Waals surface area contributed by atoms with E-state index in [-0.39, 0.29) is 5.56 Å². The summed E-state index contributed by atoms with van der Waals surface area (Å²) >= 11 is 0. The SMILES string of the molecule is COc1ccc2c(c1)c(C#N)cc(=O)n2C. The van der Waals surface area contributed by atoms with Crippen LogP contribution >= 0.6 is 0 Å². The van der Waals surface area contributed by atoms with Crippen LogP contribution in [0.15, 0.2) is 29.1 Å². The Bertz CT molecular complexity index is 650. The van der Waals surface area contributed by atoms with E-state index < -0.39 is 0 Å². The fourth-order valence-corrected chi connectivity index (χ4v) is 1.66. The molecule has 0 unspecified atom stereocenters. The molecule has 0 spiro atoms. The van der Waals surface area contributed by atoms with Crippen molar-refractivity contribution in [3.05, 3.63) is 40.2 Å². The van der Waals surface area contributed by atoms with Crippen molar-refractivity contribution in [3.63, 3.8) is 0 Å². The van der Waals surface area contributed by atoms with Gasteiger partial charge in [-0.2, -0.15) is 5.26 Å². The van der Waals surface area contributed by atoms with Gasteiger partial charge in [0.15, 0.2) is 0 Å². The summed E-state index contributed by atoms with van der Waals surface area (Å²) in [4.78, 5) is 11.5. The molecule has 0 aliphatic rings. The second kappa shape index (κ2) is 3.70. The van der Waals surface area contributed by atoms with Gasteiger partial charge in [0.05, 0.1) is 18.2 Å². The lowest BCUT2D eigenvalue weighted by Crippen LogP contribution is -2.16. The third-order valence-corrected chi connectivity index (χ3v) is 2.57. The normalized spacial score (nSPS) is 10.1. The predicted octanol–water partition coefficient (Wildman–Crippen LogP) is 1.42. The molecule has 80 valence electrons. The molecule has 1 aromatic heterocycles. The van der Waals surface area contributed by atoms with Crippen LogP contribution in [0.5, 0.6) is 5.75 Å². The monoisotopic (exact) mass is 214 g/mol. The number of hydrogen-bond donors (Lipinski definition) is 0. The van der Waals surface area contributed by atoms with Gasteiger partial charge in [0.1, 0.15) is 11.8 Å². The molecule has 0 bridgehead atoms. The lowest BCUT2D eigenvalue weighted by atomic mass is 10.1. The Labute approximate surface area is 92.3 Å². The summed E-state index contributed by atoms with van der Waals surface area (Å²) in [5.74, 6) is 0.669. The number of methoxy groups -OCH3 is 1. The van der Waals surface area contributed by atoms with Crippen LogP contribution in [0.4, 0.5) is 0 Å². The van der Waals surface area contributed by atoms with Crippen LogP contribution in [0.3, 0.4) is 0 Å². The summed E-state index contributed by atoms with van der Waals surface area (Å²) in [6.07, 6.45) is 0. The number of ether oxygens (including phenoxy) is 1. The van der Waals surface area contributed by atoms with E-state index in [1.807, 2.05) is 6.07 Å². The highest BCUT2D eigenvalue weighted by atomic mass is 16.5. The van der Waals surface area contributed by atoms with Crippen LogP contribution in [0, 0.1) is 11.3 Å². The third-order valence-electron chi connectivity index (χ3n) is 2.57. The fourth-order valence-electron chi connectivity index (χ4n) is 1.66. The molecule has 0 atom stereocenters. The van der Waals surface area contributed by atoms with Crippen LogP contribution in [0.25, 0.3) is 10.9 Å². The third kappa shape index (κ3) is 1.43. The minimum atomic E-state index is -0.186. The quantitative estimate of drug-likeness (QED) is 0.721. The second-order valence-electron chi connectivity index (χ2n) is 3.45. The number of nitrogens with zero attached hydrogens (tertiary/aromatic N) is 2. The van der Waals surface area contributed by atoms with Gasteiger partial charge < -0.3 is 9.30 Å². The van der Waals surface area contributed by atoms with E-state index in [2.05, 4.69) is 0 Å². The van der Waals surface area contributed by atoms with E-state index >= 15 is 0 Å². The molecule has 0 radical (unpaired) electrons. The molecule has 4 nitrogen and oxygen atoms in total. The summed E-state index contributed by atoms with van der Waals surface area (Å²) in [5, 5.41) is 9.70. The van der Waals surface area contributed by atoms with Crippen molar-refractivity contribution in [2.45, 2.75) is 0 Å². The molecular weight excluding hydrogens is 204 g/mol. The average Bonchev–Trinajstić information content (AvgIpc) is 2.33. The van der Waals surface area contributed by atoms with E-state index in [9.17, 15) is 4.79 Å². The molecule has 1 aromatic carbocycles. The number of pyridine rings is 1. The summed E-state index contributed by atoms with van der Waals surface area (Å²) in [7, 11) is 3.24. The number of fused-ring (bicyclic) bond motifs is 1. The average molecular weight is 214 g/mol. The molecule has 0 amide bonds. The minimum absolute atomic E-state index is 0.186. The van der Waals surface area contributed by atoms with Gasteiger partial charge in [0, 0.05) is 18.5 Å². The van der Waals surface area contributed by atoms with E-state index in [0.717, 1.165) is 10.9 Å². The second-order valence-corrected chi connectivity index (χ2v) is 3.45. The van der Waals surface area contributed by atoms with Gasteiger partial charge in [-0.3, -0.25) is 4.79 Å². The molecular formula is C12H10N2O2. The Morgan fingerprint density at radius 2 is 2.12 bits per heavy atom. The van der Waals surface area contributed by atoms with Crippen LogP contribution < -0.4 is 10.3 Å². The van der Waals surface area contributed by atoms with E-state index in [1.54, 1.807) is 32.4 Å². The molecule has 16 heavy (non-hydrogen) atoms. The number of aromatic nitrogens is 1. The Hall–Kier alpha value is -2.28. The van der Waals surface area contributed by atoms with Crippen LogP contribution in [-0.2, 0) is 7.05 Å². The maximum absolute atomic E-state index is 11.5. The van der Waals surface area contributed by atoms with Crippen LogP contribution in [-0.4, -0.2) is 11.7 Å². The Balaban J connectivity index is 2.95. The van der Waals surface area contributed by atoms with Gasteiger partial charge in [0.2, 0.25) is 0 Å². The molecule has 1 heterocycles. The van der Waals surface area contributed by atoms with Gasteiger partial charge in [-0.1, -0.05) is 0 Å². The maximum atomic E-state index is 11.5. The molecule has 0 aliphatic heterocycles. The zero-order valence-corrected chi connectivity index (χ0v) is 9.02. The fraction of sp³-hybridized carbons (Fsp3) is 0.167. The summed E-state index contributed by atoms with van der Waals surface area (Å²) in [6, 6.07) is 8.65. The van der Waals surface area contributed by atoms with Crippen molar-refractivity contribution >= 4 is 10.9 Å². The number of hydrogen-bond acceptors (Lipinski definition) is 3. The van der Waals surface area contributed by atoms with Crippen molar-refractivity contribution in [1.82, 2.24) is 4.57 Å². The first-order valence-electron chi connectivity index (χ1n) is 4.75. The Morgan fingerprint density at radius 1 is 1.38 bits per heavy atom. The highest BCUT2D eigenvalue weighted by Gasteiger charge is 2.06. The topological polar surface area (TPSA) is 55.0 Å². The lowest BCUT2D eigenvalue weighted by Gasteiger charge is -2.07.